The van der Waals surface area contributed by atoms with Gasteiger partial charge >= 0.3 is 6.03 Å². The first-order valence-corrected chi connectivity index (χ1v) is 10.3. The summed E-state index contributed by atoms with van der Waals surface area (Å²) in [5.41, 5.74) is 2.02. The van der Waals surface area contributed by atoms with Crippen LogP contribution in [-0.4, -0.2) is 41.6 Å². The maximum absolute atomic E-state index is 13.0. The van der Waals surface area contributed by atoms with Crippen LogP contribution in [0.25, 0.3) is 0 Å². The average molecular weight is 421 g/mol. The molecule has 0 spiro atoms. The van der Waals surface area contributed by atoms with Crippen LogP contribution in [0.4, 0.5) is 4.79 Å². The molecule has 2 N–H and O–H groups in total. The molecule has 3 rings (SSSR count). The number of Topliss-reactive ketones (excluding diaryl/α,β-unsaturated/α-hetero) is 1. The molecule has 162 valence electrons. The molecule has 7 heteroatoms. The van der Waals surface area contributed by atoms with E-state index in [9.17, 15) is 19.2 Å². The lowest BCUT2D eigenvalue weighted by atomic mass is 9.91. The molecule has 1 saturated heterocycles. The fraction of sp³-hybridized carbons (Fsp3) is 0.333. The number of ketones is 1. The van der Waals surface area contributed by atoms with Crippen molar-refractivity contribution in [2.75, 3.05) is 13.1 Å². The number of hydrogen-bond acceptors (Lipinski definition) is 4. The Labute approximate surface area is 181 Å². The summed E-state index contributed by atoms with van der Waals surface area (Å²) >= 11 is 0. The van der Waals surface area contributed by atoms with Gasteiger partial charge in [-0.2, -0.15) is 0 Å². The van der Waals surface area contributed by atoms with Gasteiger partial charge in [0.05, 0.1) is 6.54 Å². The number of urea groups is 1. The molecule has 4 amide bonds. The molecule has 2 aromatic carbocycles. The van der Waals surface area contributed by atoms with Crippen molar-refractivity contribution in [1.82, 2.24) is 15.5 Å². The molecule has 1 aliphatic rings. The van der Waals surface area contributed by atoms with Crippen molar-refractivity contribution in [3.8, 4) is 0 Å². The summed E-state index contributed by atoms with van der Waals surface area (Å²) in [4.78, 5) is 50.0. The molecule has 2 aromatic rings. The first kappa shape index (κ1) is 22.2. The number of benzene rings is 2. The van der Waals surface area contributed by atoms with E-state index in [-0.39, 0.29) is 18.2 Å². The fourth-order valence-electron chi connectivity index (χ4n) is 3.57. The van der Waals surface area contributed by atoms with Crippen LogP contribution < -0.4 is 10.6 Å². The second-order valence-corrected chi connectivity index (χ2v) is 8.02. The van der Waals surface area contributed by atoms with Gasteiger partial charge in [-0.15, -0.1) is 0 Å². The Bertz CT molecular complexity index is 998. The first-order valence-electron chi connectivity index (χ1n) is 10.3. The van der Waals surface area contributed by atoms with Crippen LogP contribution in [0.3, 0.4) is 0 Å². The van der Waals surface area contributed by atoms with Gasteiger partial charge in [-0.3, -0.25) is 19.3 Å². The van der Waals surface area contributed by atoms with E-state index in [1.807, 2.05) is 43.3 Å². The quantitative estimate of drug-likeness (QED) is 0.389. The third kappa shape index (κ3) is 4.99. The van der Waals surface area contributed by atoms with Crippen LogP contribution in [-0.2, 0) is 21.5 Å². The van der Waals surface area contributed by atoms with E-state index >= 15 is 0 Å². The Morgan fingerprint density at radius 1 is 1.03 bits per heavy atom. The number of hydrogen-bond donors (Lipinski definition) is 2. The Morgan fingerprint density at radius 3 is 2.29 bits per heavy atom. The summed E-state index contributed by atoms with van der Waals surface area (Å²) in [5.74, 6) is -0.800. The number of carbonyl (C=O) groups excluding carboxylic acids is 4. The van der Waals surface area contributed by atoms with E-state index in [0.29, 0.717) is 17.7 Å². The zero-order chi connectivity index (χ0) is 22.6. The van der Waals surface area contributed by atoms with Crippen LogP contribution in [0, 0.1) is 6.92 Å². The highest BCUT2D eigenvalue weighted by Crippen LogP contribution is 2.29. The minimum atomic E-state index is -1.19. The number of imide groups is 1. The number of nitrogens with zero attached hydrogens (tertiary/aromatic N) is 1. The van der Waals surface area contributed by atoms with Crippen LogP contribution in [0.1, 0.15) is 47.3 Å². The normalized spacial score (nSPS) is 18.1. The molecule has 1 aliphatic heterocycles. The lowest BCUT2D eigenvalue weighted by molar-refractivity contribution is -0.130. The Kier molecular flexibility index (Phi) is 6.53. The van der Waals surface area contributed by atoms with Gasteiger partial charge < -0.3 is 10.6 Å². The minimum Gasteiger partial charge on any atom is -0.356 e. The summed E-state index contributed by atoms with van der Waals surface area (Å²) in [6.45, 7) is 5.36. The third-order valence-corrected chi connectivity index (χ3v) is 5.50. The van der Waals surface area contributed by atoms with E-state index in [1.165, 1.54) is 6.92 Å². The highest BCUT2D eigenvalue weighted by Gasteiger charge is 2.49. The molecule has 0 aromatic heterocycles. The average Bonchev–Trinajstić information content (AvgIpc) is 2.95. The molecule has 1 heterocycles. The van der Waals surface area contributed by atoms with E-state index in [2.05, 4.69) is 10.6 Å². The van der Waals surface area contributed by atoms with Crippen molar-refractivity contribution in [2.45, 2.75) is 39.2 Å². The lowest BCUT2D eigenvalue weighted by Gasteiger charge is -2.22. The maximum Gasteiger partial charge on any atom is 0.325 e. The Balaban J connectivity index is 1.63. The molecule has 1 fully saturated rings. The summed E-state index contributed by atoms with van der Waals surface area (Å²) in [5, 5.41) is 5.47. The topological polar surface area (TPSA) is 95.6 Å². The van der Waals surface area contributed by atoms with Gasteiger partial charge in [0, 0.05) is 19.0 Å². The summed E-state index contributed by atoms with van der Waals surface area (Å²) in [6, 6.07) is 13.9. The van der Waals surface area contributed by atoms with Gasteiger partial charge in [0.25, 0.3) is 5.91 Å². The van der Waals surface area contributed by atoms with Crippen molar-refractivity contribution in [3.63, 3.8) is 0 Å². The van der Waals surface area contributed by atoms with Crippen LogP contribution in [0.15, 0.2) is 48.5 Å². The number of amides is 4. The van der Waals surface area contributed by atoms with Gasteiger partial charge in [-0.1, -0.05) is 54.1 Å². The molecular weight excluding hydrogens is 394 g/mol. The van der Waals surface area contributed by atoms with Gasteiger partial charge in [0.1, 0.15) is 5.54 Å². The number of nitrogens with one attached hydrogen (secondary N) is 2. The fourth-order valence-corrected chi connectivity index (χ4v) is 3.57. The predicted octanol–water partition coefficient (Wildman–Crippen LogP) is 2.71. The predicted molar refractivity (Wildman–Crippen MR) is 117 cm³/mol. The molecule has 7 nitrogen and oxygen atoms in total. The van der Waals surface area contributed by atoms with Crippen LogP contribution >= 0.6 is 0 Å². The van der Waals surface area contributed by atoms with Crippen LogP contribution in [0.5, 0.6) is 0 Å². The molecular formula is C24H27N3O4. The Hall–Kier alpha value is -3.48. The molecule has 0 unspecified atom stereocenters. The van der Waals surface area contributed by atoms with Crippen molar-refractivity contribution in [3.05, 3.63) is 70.8 Å². The standard InChI is InChI=1S/C24H27N3O4/c1-16-6-12-20(13-7-16)24(3)22(30)27(23(31)26-24)15-21(29)19-10-8-18(9-11-19)5-4-14-25-17(2)28/h6-13H,4-5,14-15H2,1-3H3,(H,25,28)(H,26,31)/t24-/m0/s1. The SMILES string of the molecule is CC(=O)NCCCc1ccc(C(=O)CN2C(=O)N[C@@](C)(c3ccc(C)cc3)C2=O)cc1. The lowest BCUT2D eigenvalue weighted by Crippen LogP contribution is -2.41. The van der Waals surface area contributed by atoms with E-state index in [4.69, 9.17) is 0 Å². The smallest absolute Gasteiger partial charge is 0.325 e. The van der Waals surface area contributed by atoms with E-state index in [0.717, 1.165) is 28.9 Å². The molecule has 31 heavy (non-hydrogen) atoms. The zero-order valence-electron chi connectivity index (χ0n) is 18.0. The second kappa shape index (κ2) is 9.12. The molecule has 0 aliphatic carbocycles. The monoisotopic (exact) mass is 421 g/mol. The maximum atomic E-state index is 13.0. The van der Waals surface area contributed by atoms with Gasteiger partial charge in [-0.05, 0) is 37.8 Å². The van der Waals surface area contributed by atoms with E-state index in [1.54, 1.807) is 19.1 Å². The summed E-state index contributed by atoms with van der Waals surface area (Å²) in [7, 11) is 0. The molecule has 0 radical (unpaired) electrons. The van der Waals surface area contributed by atoms with Crippen molar-refractivity contribution >= 4 is 23.6 Å². The number of rotatable bonds is 8. The highest BCUT2D eigenvalue weighted by atomic mass is 16.2. The van der Waals surface area contributed by atoms with Gasteiger partial charge in [0.15, 0.2) is 5.78 Å². The minimum absolute atomic E-state index is 0.0556. The summed E-state index contributed by atoms with van der Waals surface area (Å²) in [6.07, 6.45) is 1.57. The van der Waals surface area contributed by atoms with Crippen LogP contribution in [0.2, 0.25) is 0 Å². The number of carbonyl (C=O) groups is 4. The van der Waals surface area contributed by atoms with E-state index < -0.39 is 17.5 Å². The Morgan fingerprint density at radius 2 is 1.68 bits per heavy atom. The third-order valence-electron chi connectivity index (χ3n) is 5.50. The largest absolute Gasteiger partial charge is 0.356 e. The van der Waals surface area contributed by atoms with Gasteiger partial charge in [-0.25, -0.2) is 4.79 Å². The highest BCUT2D eigenvalue weighted by molar-refractivity contribution is 6.11. The van der Waals surface area contributed by atoms with Crippen molar-refractivity contribution in [2.24, 2.45) is 0 Å². The zero-order valence-corrected chi connectivity index (χ0v) is 18.0. The first-order chi connectivity index (χ1) is 14.7. The molecule has 1 atom stereocenters. The van der Waals surface area contributed by atoms with Gasteiger partial charge in [0.2, 0.25) is 5.91 Å². The summed E-state index contributed by atoms with van der Waals surface area (Å²) < 4.78 is 0. The van der Waals surface area contributed by atoms with Crippen molar-refractivity contribution < 1.29 is 19.2 Å². The molecule has 0 saturated carbocycles. The number of aryl methyl sites for hydroxylation is 2. The second-order valence-electron chi connectivity index (χ2n) is 8.02. The van der Waals surface area contributed by atoms with Crippen molar-refractivity contribution in [1.29, 1.82) is 0 Å². The molecule has 0 bridgehead atoms.